The highest BCUT2D eigenvalue weighted by Crippen LogP contribution is 2.22. The number of hydrogen-bond acceptors (Lipinski definition) is 2. The first-order valence-corrected chi connectivity index (χ1v) is 5.54. The summed E-state index contributed by atoms with van der Waals surface area (Å²) in [5.74, 6) is 0.406. The Bertz CT molecular complexity index is 368. The van der Waals surface area contributed by atoms with Crippen LogP contribution in [0.15, 0.2) is 36.4 Å². The topological polar surface area (TPSA) is 43.1 Å². The Morgan fingerprint density at radius 3 is 2.44 bits per heavy atom. The summed E-state index contributed by atoms with van der Waals surface area (Å²) in [6, 6.07) is 6.80. The van der Waals surface area contributed by atoms with Crippen molar-refractivity contribution in [2.45, 2.75) is 32.6 Å². The minimum absolute atomic E-state index is 0.153. The van der Waals surface area contributed by atoms with Gasteiger partial charge in [-0.2, -0.15) is 0 Å². The first-order chi connectivity index (χ1) is 7.65. The van der Waals surface area contributed by atoms with Crippen LogP contribution in [0.4, 0.5) is 5.69 Å². The van der Waals surface area contributed by atoms with E-state index in [1.807, 2.05) is 12.1 Å². The number of nitrogens with zero attached hydrogens (tertiary/aromatic N) is 1. The molecule has 0 spiro atoms. The summed E-state index contributed by atoms with van der Waals surface area (Å²) in [6.45, 7) is 4.23. The van der Waals surface area contributed by atoms with Crippen molar-refractivity contribution in [2.75, 3.05) is 0 Å². The molecular weight excluding hydrogens is 202 g/mol. The zero-order valence-corrected chi connectivity index (χ0v) is 9.72. The minimum atomic E-state index is -0.370. The van der Waals surface area contributed by atoms with Crippen molar-refractivity contribution < 1.29 is 4.92 Å². The van der Waals surface area contributed by atoms with Crippen LogP contribution >= 0.6 is 0 Å². The van der Waals surface area contributed by atoms with Crippen molar-refractivity contribution in [2.24, 2.45) is 0 Å². The Balaban J connectivity index is 2.66. The van der Waals surface area contributed by atoms with E-state index in [-0.39, 0.29) is 10.6 Å². The van der Waals surface area contributed by atoms with E-state index in [1.165, 1.54) is 0 Å². The number of rotatable bonds is 5. The van der Waals surface area contributed by atoms with Crippen molar-refractivity contribution in [1.29, 1.82) is 0 Å². The van der Waals surface area contributed by atoms with Gasteiger partial charge in [0.25, 0.3) is 5.69 Å². The zero-order valence-electron chi connectivity index (χ0n) is 9.72. The number of nitro benzene ring substituents is 1. The molecule has 16 heavy (non-hydrogen) atoms. The van der Waals surface area contributed by atoms with Gasteiger partial charge in [-0.15, -0.1) is 0 Å². The molecule has 0 aliphatic carbocycles. The first kappa shape index (κ1) is 12.4. The molecule has 1 atom stereocenters. The number of benzene rings is 1. The molecule has 1 aromatic carbocycles. The molecule has 0 aromatic heterocycles. The highest BCUT2D eigenvalue weighted by atomic mass is 16.6. The first-order valence-electron chi connectivity index (χ1n) is 5.54. The van der Waals surface area contributed by atoms with Gasteiger partial charge in [0.1, 0.15) is 0 Å². The van der Waals surface area contributed by atoms with E-state index in [1.54, 1.807) is 12.1 Å². The molecule has 1 rings (SSSR count). The van der Waals surface area contributed by atoms with Gasteiger partial charge in [-0.05, 0) is 24.3 Å². The SMILES string of the molecule is CC/C=C\CC(C)c1ccc([N+](=O)[O-])cc1. The van der Waals surface area contributed by atoms with Crippen molar-refractivity contribution in [3.8, 4) is 0 Å². The summed E-state index contributed by atoms with van der Waals surface area (Å²) in [7, 11) is 0. The predicted molar refractivity (Wildman–Crippen MR) is 65.6 cm³/mol. The molecule has 1 aromatic rings. The van der Waals surface area contributed by atoms with Gasteiger partial charge in [-0.25, -0.2) is 0 Å². The van der Waals surface area contributed by atoms with Crippen LogP contribution in [-0.4, -0.2) is 4.92 Å². The van der Waals surface area contributed by atoms with E-state index < -0.39 is 0 Å². The Labute approximate surface area is 95.9 Å². The van der Waals surface area contributed by atoms with E-state index in [9.17, 15) is 10.1 Å². The third-order valence-corrected chi connectivity index (χ3v) is 2.56. The van der Waals surface area contributed by atoms with Crippen molar-refractivity contribution in [1.82, 2.24) is 0 Å². The van der Waals surface area contributed by atoms with Gasteiger partial charge >= 0.3 is 0 Å². The lowest BCUT2D eigenvalue weighted by atomic mass is 9.97. The van der Waals surface area contributed by atoms with E-state index in [4.69, 9.17) is 0 Å². The van der Waals surface area contributed by atoms with Gasteiger partial charge in [0.05, 0.1) is 4.92 Å². The van der Waals surface area contributed by atoms with Crippen LogP contribution in [0.2, 0.25) is 0 Å². The molecule has 0 saturated heterocycles. The second-order valence-corrected chi connectivity index (χ2v) is 3.87. The van der Waals surface area contributed by atoms with Crippen LogP contribution < -0.4 is 0 Å². The molecule has 3 nitrogen and oxygen atoms in total. The molecule has 0 fully saturated rings. The summed E-state index contributed by atoms with van der Waals surface area (Å²) in [5.41, 5.74) is 1.30. The van der Waals surface area contributed by atoms with Crippen LogP contribution in [0.25, 0.3) is 0 Å². The Hall–Kier alpha value is -1.64. The van der Waals surface area contributed by atoms with Gasteiger partial charge in [-0.3, -0.25) is 10.1 Å². The molecular formula is C13H17NO2. The van der Waals surface area contributed by atoms with Crippen molar-refractivity contribution in [3.05, 3.63) is 52.1 Å². The smallest absolute Gasteiger partial charge is 0.258 e. The molecule has 0 aliphatic rings. The molecule has 0 radical (unpaired) electrons. The van der Waals surface area contributed by atoms with E-state index in [2.05, 4.69) is 26.0 Å². The lowest BCUT2D eigenvalue weighted by Crippen LogP contribution is -1.93. The predicted octanol–water partition coefficient (Wildman–Crippen LogP) is 4.05. The average molecular weight is 219 g/mol. The maximum atomic E-state index is 10.5. The van der Waals surface area contributed by atoms with Crippen LogP contribution in [0.5, 0.6) is 0 Å². The maximum Gasteiger partial charge on any atom is 0.269 e. The van der Waals surface area contributed by atoms with Gasteiger partial charge in [0.2, 0.25) is 0 Å². The van der Waals surface area contributed by atoms with Crippen molar-refractivity contribution >= 4 is 5.69 Å². The minimum Gasteiger partial charge on any atom is -0.258 e. The molecule has 0 aliphatic heterocycles. The summed E-state index contributed by atoms with van der Waals surface area (Å²) < 4.78 is 0. The molecule has 0 amide bonds. The quantitative estimate of drug-likeness (QED) is 0.426. The molecule has 0 saturated carbocycles. The fourth-order valence-corrected chi connectivity index (χ4v) is 1.53. The van der Waals surface area contributed by atoms with Gasteiger partial charge < -0.3 is 0 Å². The average Bonchev–Trinajstić information content (AvgIpc) is 2.29. The zero-order chi connectivity index (χ0) is 12.0. The third-order valence-electron chi connectivity index (χ3n) is 2.56. The van der Waals surface area contributed by atoms with Crippen LogP contribution in [-0.2, 0) is 0 Å². The highest BCUT2D eigenvalue weighted by Gasteiger charge is 2.07. The van der Waals surface area contributed by atoms with Gasteiger partial charge in [0, 0.05) is 12.1 Å². The third kappa shape index (κ3) is 3.50. The fourth-order valence-electron chi connectivity index (χ4n) is 1.53. The fraction of sp³-hybridized carbons (Fsp3) is 0.385. The summed E-state index contributed by atoms with van der Waals surface area (Å²) in [5, 5.41) is 10.5. The molecule has 0 heterocycles. The largest absolute Gasteiger partial charge is 0.269 e. The van der Waals surface area contributed by atoms with E-state index >= 15 is 0 Å². The molecule has 0 N–H and O–H groups in total. The Kier molecular flexibility index (Phi) is 4.70. The monoisotopic (exact) mass is 219 g/mol. The summed E-state index contributed by atoms with van der Waals surface area (Å²) in [4.78, 5) is 10.1. The number of allylic oxidation sites excluding steroid dienone is 2. The summed E-state index contributed by atoms with van der Waals surface area (Å²) >= 11 is 0. The number of nitro groups is 1. The van der Waals surface area contributed by atoms with Gasteiger partial charge in [-0.1, -0.05) is 38.1 Å². The number of non-ortho nitro benzene ring substituents is 1. The lowest BCUT2D eigenvalue weighted by molar-refractivity contribution is -0.384. The Morgan fingerprint density at radius 2 is 1.94 bits per heavy atom. The van der Waals surface area contributed by atoms with Crippen LogP contribution in [0.3, 0.4) is 0 Å². The van der Waals surface area contributed by atoms with Crippen LogP contribution in [0, 0.1) is 10.1 Å². The normalized spacial score (nSPS) is 12.9. The van der Waals surface area contributed by atoms with Crippen molar-refractivity contribution in [3.63, 3.8) is 0 Å². The highest BCUT2D eigenvalue weighted by molar-refractivity contribution is 5.34. The molecule has 86 valence electrons. The molecule has 3 heteroatoms. The second kappa shape index (κ2) is 6.05. The standard InChI is InChI=1S/C13H17NO2/c1-3-4-5-6-11(2)12-7-9-13(10-8-12)14(15)16/h4-5,7-11H,3,6H2,1-2H3/b5-4-. The maximum absolute atomic E-state index is 10.5. The van der Waals surface area contributed by atoms with Crippen LogP contribution in [0.1, 0.15) is 38.2 Å². The number of hydrogen-bond donors (Lipinski definition) is 0. The van der Waals surface area contributed by atoms with E-state index in [0.29, 0.717) is 5.92 Å². The van der Waals surface area contributed by atoms with Gasteiger partial charge in [0.15, 0.2) is 0 Å². The Morgan fingerprint density at radius 1 is 1.31 bits per heavy atom. The molecule has 0 bridgehead atoms. The molecule has 1 unspecified atom stereocenters. The lowest BCUT2D eigenvalue weighted by Gasteiger charge is -2.08. The second-order valence-electron chi connectivity index (χ2n) is 3.87. The van der Waals surface area contributed by atoms with E-state index in [0.717, 1.165) is 18.4 Å². The summed E-state index contributed by atoms with van der Waals surface area (Å²) in [6.07, 6.45) is 6.33.